The lowest BCUT2D eigenvalue weighted by molar-refractivity contribution is -0.118. The van der Waals surface area contributed by atoms with Gasteiger partial charge in [0.1, 0.15) is 5.78 Å². The van der Waals surface area contributed by atoms with Gasteiger partial charge in [-0.3, -0.25) is 4.79 Å². The van der Waals surface area contributed by atoms with Crippen molar-refractivity contribution in [2.24, 2.45) is 5.92 Å². The Labute approximate surface area is 96.6 Å². The molecule has 1 fully saturated rings. The zero-order valence-corrected chi connectivity index (χ0v) is 10.1. The molecule has 2 unspecified atom stereocenters. The van der Waals surface area contributed by atoms with Gasteiger partial charge in [0.05, 0.1) is 0 Å². The molecule has 3 heteroatoms. The fraction of sp³-hybridized carbons (Fsp3) is 0.364. The normalized spacial score (nSPS) is 24.8. The van der Waals surface area contributed by atoms with Gasteiger partial charge < -0.3 is 0 Å². The zero-order valence-electron chi connectivity index (χ0n) is 7.76. The summed E-state index contributed by atoms with van der Waals surface area (Å²) in [4.78, 5) is 11.1. The van der Waals surface area contributed by atoms with E-state index in [4.69, 9.17) is 11.6 Å². The van der Waals surface area contributed by atoms with E-state index in [1.807, 2.05) is 18.2 Å². The molecule has 1 aliphatic carbocycles. The van der Waals surface area contributed by atoms with Crippen LogP contribution in [0.5, 0.6) is 0 Å². The molecule has 1 aliphatic rings. The third-order valence-corrected chi connectivity index (χ3v) is 3.63. The maximum Gasteiger partial charge on any atom is 0.133 e. The molecule has 0 radical (unpaired) electrons. The second-order valence-electron chi connectivity index (χ2n) is 3.73. The number of ketones is 1. The van der Waals surface area contributed by atoms with Crippen LogP contribution in [0.2, 0.25) is 5.02 Å². The van der Waals surface area contributed by atoms with Crippen molar-refractivity contribution < 1.29 is 4.79 Å². The van der Waals surface area contributed by atoms with Crippen LogP contribution in [-0.2, 0) is 4.79 Å². The largest absolute Gasteiger partial charge is 0.300 e. The number of rotatable bonds is 2. The fourth-order valence-corrected chi connectivity index (χ4v) is 2.51. The lowest BCUT2D eigenvalue weighted by atomic mass is 10.1. The number of Topliss-reactive ketones (excluding diaryl/α,β-unsaturated/α-hetero) is 1. The molecule has 74 valence electrons. The van der Waals surface area contributed by atoms with Crippen molar-refractivity contribution in [1.82, 2.24) is 0 Å². The van der Waals surface area contributed by atoms with Crippen LogP contribution < -0.4 is 0 Å². The van der Waals surface area contributed by atoms with Crippen LogP contribution in [0, 0.1) is 5.92 Å². The Balaban J connectivity index is 2.26. The molecule has 0 aliphatic heterocycles. The minimum absolute atomic E-state index is 0.213. The molecule has 0 amide bonds. The lowest BCUT2D eigenvalue weighted by Gasteiger charge is -2.03. The van der Waals surface area contributed by atoms with Gasteiger partial charge in [0.25, 0.3) is 0 Å². The summed E-state index contributed by atoms with van der Waals surface area (Å²) >= 11 is 9.39. The highest BCUT2D eigenvalue weighted by Crippen LogP contribution is 2.50. The first kappa shape index (κ1) is 10.2. The predicted octanol–water partition coefficient (Wildman–Crippen LogP) is 3.80. The number of hydrogen-bond acceptors (Lipinski definition) is 1. The average Bonchev–Trinajstić information content (AvgIpc) is 2.88. The van der Waals surface area contributed by atoms with Gasteiger partial charge in [0.15, 0.2) is 0 Å². The highest BCUT2D eigenvalue weighted by molar-refractivity contribution is 9.10. The summed E-state index contributed by atoms with van der Waals surface area (Å²) in [7, 11) is 0. The number of carbonyl (C=O) groups is 1. The molecule has 1 nitrogen and oxygen atoms in total. The Morgan fingerprint density at radius 1 is 1.57 bits per heavy atom. The van der Waals surface area contributed by atoms with Gasteiger partial charge in [-0.05, 0) is 43.0 Å². The number of hydrogen-bond donors (Lipinski definition) is 0. The van der Waals surface area contributed by atoms with Crippen molar-refractivity contribution >= 4 is 33.3 Å². The summed E-state index contributed by atoms with van der Waals surface area (Å²) in [5.74, 6) is 0.868. The Morgan fingerprint density at radius 2 is 2.29 bits per heavy atom. The van der Waals surface area contributed by atoms with Crippen molar-refractivity contribution in [2.75, 3.05) is 0 Å². The van der Waals surface area contributed by atoms with E-state index in [2.05, 4.69) is 15.9 Å². The Hall–Kier alpha value is -0.340. The van der Waals surface area contributed by atoms with E-state index in [0.717, 1.165) is 21.5 Å². The number of benzene rings is 1. The Morgan fingerprint density at radius 3 is 2.86 bits per heavy atom. The van der Waals surface area contributed by atoms with Crippen molar-refractivity contribution in [3.63, 3.8) is 0 Å². The zero-order chi connectivity index (χ0) is 10.3. The van der Waals surface area contributed by atoms with Gasteiger partial charge >= 0.3 is 0 Å². The summed E-state index contributed by atoms with van der Waals surface area (Å²) in [5, 5.41) is 0.734. The molecule has 1 aromatic rings. The smallest absolute Gasteiger partial charge is 0.133 e. The molecule has 0 heterocycles. The van der Waals surface area contributed by atoms with E-state index in [0.29, 0.717) is 5.92 Å². The molecular formula is C11H10BrClO. The van der Waals surface area contributed by atoms with E-state index in [-0.39, 0.29) is 11.7 Å². The molecule has 0 bridgehead atoms. The van der Waals surface area contributed by atoms with Gasteiger partial charge in [0, 0.05) is 15.4 Å². The van der Waals surface area contributed by atoms with Crippen LogP contribution in [0.15, 0.2) is 22.7 Å². The molecular weight excluding hydrogens is 263 g/mol. The molecule has 1 aromatic carbocycles. The van der Waals surface area contributed by atoms with Crippen molar-refractivity contribution in [3.8, 4) is 0 Å². The molecule has 1 saturated carbocycles. The minimum atomic E-state index is 0.213. The number of carbonyl (C=O) groups excluding carboxylic acids is 1. The lowest BCUT2D eigenvalue weighted by Crippen LogP contribution is -1.95. The van der Waals surface area contributed by atoms with Gasteiger partial charge in [-0.2, -0.15) is 0 Å². The van der Waals surface area contributed by atoms with Gasteiger partial charge in [-0.15, -0.1) is 0 Å². The van der Waals surface area contributed by atoms with Crippen LogP contribution in [0.4, 0.5) is 0 Å². The summed E-state index contributed by atoms with van der Waals surface area (Å²) in [5.41, 5.74) is 1.16. The summed E-state index contributed by atoms with van der Waals surface area (Å²) in [6.45, 7) is 1.66. The van der Waals surface area contributed by atoms with E-state index >= 15 is 0 Å². The first-order valence-corrected chi connectivity index (χ1v) is 5.72. The monoisotopic (exact) mass is 272 g/mol. The second-order valence-corrected chi connectivity index (χ2v) is 5.02. The summed E-state index contributed by atoms with van der Waals surface area (Å²) < 4.78 is 1.05. The molecule has 0 saturated heterocycles. The Kier molecular flexibility index (Phi) is 2.67. The van der Waals surface area contributed by atoms with E-state index in [1.54, 1.807) is 6.92 Å². The first-order valence-electron chi connectivity index (χ1n) is 4.55. The van der Waals surface area contributed by atoms with E-state index in [9.17, 15) is 4.79 Å². The second kappa shape index (κ2) is 3.67. The van der Waals surface area contributed by atoms with Crippen LogP contribution in [0.1, 0.15) is 24.8 Å². The SMILES string of the molecule is CC(=O)C1CC1c1cc(Cl)ccc1Br. The van der Waals surface area contributed by atoms with Crippen molar-refractivity contribution in [3.05, 3.63) is 33.3 Å². The number of halogens is 2. The molecule has 0 spiro atoms. The van der Waals surface area contributed by atoms with Crippen LogP contribution in [-0.4, -0.2) is 5.78 Å². The maximum atomic E-state index is 11.1. The standard InChI is InChI=1S/C11H10BrClO/c1-6(14)8-5-9(8)10-4-7(13)2-3-11(10)12/h2-4,8-9H,5H2,1H3. The van der Waals surface area contributed by atoms with E-state index in [1.165, 1.54) is 0 Å². The van der Waals surface area contributed by atoms with Gasteiger partial charge in [0.2, 0.25) is 0 Å². The van der Waals surface area contributed by atoms with Gasteiger partial charge in [-0.1, -0.05) is 27.5 Å². The highest BCUT2D eigenvalue weighted by atomic mass is 79.9. The predicted molar refractivity (Wildman–Crippen MR) is 60.7 cm³/mol. The summed E-state index contributed by atoms with van der Waals surface area (Å²) in [6.07, 6.45) is 0.967. The average molecular weight is 274 g/mol. The minimum Gasteiger partial charge on any atom is -0.300 e. The van der Waals surface area contributed by atoms with E-state index < -0.39 is 0 Å². The van der Waals surface area contributed by atoms with Crippen molar-refractivity contribution in [2.45, 2.75) is 19.3 Å². The molecule has 2 rings (SSSR count). The summed E-state index contributed by atoms with van der Waals surface area (Å²) in [6, 6.07) is 5.73. The quantitative estimate of drug-likeness (QED) is 0.801. The molecule has 14 heavy (non-hydrogen) atoms. The maximum absolute atomic E-state index is 11.1. The molecule has 2 atom stereocenters. The first-order chi connectivity index (χ1) is 6.59. The van der Waals surface area contributed by atoms with Crippen LogP contribution in [0.25, 0.3) is 0 Å². The molecule has 0 aromatic heterocycles. The third-order valence-electron chi connectivity index (χ3n) is 2.67. The third kappa shape index (κ3) is 1.86. The van der Waals surface area contributed by atoms with Crippen molar-refractivity contribution in [1.29, 1.82) is 0 Å². The topological polar surface area (TPSA) is 17.1 Å². The van der Waals surface area contributed by atoms with Crippen LogP contribution >= 0.6 is 27.5 Å². The Bertz CT molecular complexity index is 389. The highest BCUT2D eigenvalue weighted by Gasteiger charge is 2.42. The van der Waals surface area contributed by atoms with Crippen LogP contribution in [0.3, 0.4) is 0 Å². The molecule has 0 N–H and O–H groups in total. The fourth-order valence-electron chi connectivity index (χ4n) is 1.79. The van der Waals surface area contributed by atoms with Gasteiger partial charge in [-0.25, -0.2) is 0 Å².